The topological polar surface area (TPSA) is 52.7 Å². The summed E-state index contributed by atoms with van der Waals surface area (Å²) in [5, 5.41) is 0. The maximum Gasteiger partial charge on any atom is 0.208 e. The smallest absolute Gasteiger partial charge is 0.208 e. The van der Waals surface area contributed by atoms with Gasteiger partial charge in [-0.2, -0.15) is 0 Å². The van der Waals surface area contributed by atoms with Crippen LogP contribution in [0.1, 0.15) is 0 Å². The van der Waals surface area contributed by atoms with E-state index in [1.54, 1.807) is 0 Å². The lowest BCUT2D eigenvalue weighted by Gasteiger charge is -2.47. The Labute approximate surface area is 85.1 Å². The summed E-state index contributed by atoms with van der Waals surface area (Å²) in [7, 11) is -3.04. The Morgan fingerprint density at radius 1 is 1.29 bits per heavy atom. The van der Waals surface area contributed by atoms with Crippen LogP contribution < -0.4 is 4.72 Å². The summed E-state index contributed by atoms with van der Waals surface area (Å²) < 4.78 is 24.5. The summed E-state index contributed by atoms with van der Waals surface area (Å²) >= 11 is 0. The third kappa shape index (κ3) is 2.44. The Morgan fingerprint density at radius 2 is 1.93 bits per heavy atom. The molecule has 0 aromatic heterocycles. The van der Waals surface area contributed by atoms with Gasteiger partial charge in [-0.3, -0.25) is 9.80 Å². The molecule has 3 saturated heterocycles. The quantitative estimate of drug-likeness (QED) is 0.630. The molecule has 3 aliphatic heterocycles. The second-order valence-corrected chi connectivity index (χ2v) is 5.94. The highest BCUT2D eigenvalue weighted by Crippen LogP contribution is 2.14. The molecule has 3 rings (SSSR count). The van der Waals surface area contributed by atoms with E-state index in [-0.39, 0.29) is 0 Å². The molecule has 6 heteroatoms. The number of nitrogens with zero attached hydrogens (tertiary/aromatic N) is 2. The van der Waals surface area contributed by atoms with Crippen LogP contribution in [-0.2, 0) is 10.0 Å². The Morgan fingerprint density at radius 3 is 2.36 bits per heavy atom. The molecule has 1 unspecified atom stereocenters. The number of fused-ring (bicyclic) bond motifs is 3. The molecule has 82 valence electrons. The van der Waals surface area contributed by atoms with Crippen LogP contribution in [0.15, 0.2) is 0 Å². The number of nitrogens with one attached hydrogen (secondary N) is 1. The summed E-state index contributed by atoms with van der Waals surface area (Å²) in [5.74, 6) is 0. The van der Waals surface area contributed by atoms with Crippen molar-refractivity contribution < 1.29 is 8.42 Å². The molecule has 0 amide bonds. The minimum Gasteiger partial charge on any atom is -0.299 e. The first-order valence-electron chi connectivity index (χ1n) is 4.96. The van der Waals surface area contributed by atoms with Crippen LogP contribution in [0.5, 0.6) is 0 Å². The largest absolute Gasteiger partial charge is 0.299 e. The second kappa shape index (κ2) is 3.77. The Hall–Kier alpha value is -0.170. The van der Waals surface area contributed by atoms with E-state index in [4.69, 9.17) is 0 Å². The minimum absolute atomic E-state index is 0.368. The molecule has 3 fully saturated rings. The van der Waals surface area contributed by atoms with E-state index in [1.165, 1.54) is 6.26 Å². The fraction of sp³-hybridized carbons (Fsp3) is 1.00. The molecular weight excluding hydrogens is 202 g/mol. The summed E-state index contributed by atoms with van der Waals surface area (Å²) in [5.41, 5.74) is 0. The molecule has 1 N–H and O–H groups in total. The molecule has 3 heterocycles. The summed E-state index contributed by atoms with van der Waals surface area (Å²) in [6, 6.07) is 0.368. The molecule has 3 aliphatic rings. The van der Waals surface area contributed by atoms with Crippen molar-refractivity contribution in [2.45, 2.75) is 6.04 Å². The SMILES string of the molecule is CS(=O)(=O)NCC1CN2CCN1CC2. The van der Waals surface area contributed by atoms with Gasteiger partial charge in [0.05, 0.1) is 6.26 Å². The molecule has 2 bridgehead atoms. The van der Waals surface area contributed by atoms with Crippen LogP contribution in [0.25, 0.3) is 0 Å². The molecule has 5 nitrogen and oxygen atoms in total. The van der Waals surface area contributed by atoms with Crippen LogP contribution >= 0.6 is 0 Å². The third-order valence-electron chi connectivity index (χ3n) is 2.97. The van der Waals surface area contributed by atoms with Crippen molar-refractivity contribution >= 4 is 10.0 Å². The Kier molecular flexibility index (Phi) is 2.79. The van der Waals surface area contributed by atoms with Crippen molar-refractivity contribution in [1.82, 2.24) is 14.5 Å². The van der Waals surface area contributed by atoms with Gasteiger partial charge in [-0.25, -0.2) is 13.1 Å². The van der Waals surface area contributed by atoms with E-state index in [0.717, 1.165) is 32.7 Å². The van der Waals surface area contributed by atoms with Gasteiger partial charge in [-0.1, -0.05) is 0 Å². The lowest BCUT2D eigenvalue weighted by Crippen LogP contribution is -2.63. The van der Waals surface area contributed by atoms with Gasteiger partial charge >= 0.3 is 0 Å². The number of sulfonamides is 1. The van der Waals surface area contributed by atoms with Gasteiger partial charge in [-0.15, -0.1) is 0 Å². The summed E-state index contributed by atoms with van der Waals surface area (Å²) in [4.78, 5) is 4.77. The lowest BCUT2D eigenvalue weighted by molar-refractivity contribution is 0.0158. The van der Waals surface area contributed by atoms with E-state index in [0.29, 0.717) is 12.6 Å². The average molecular weight is 219 g/mol. The zero-order valence-corrected chi connectivity index (χ0v) is 9.26. The number of rotatable bonds is 3. The average Bonchev–Trinajstić information content (AvgIpc) is 2.16. The first-order chi connectivity index (χ1) is 6.54. The van der Waals surface area contributed by atoms with Crippen molar-refractivity contribution in [2.75, 3.05) is 45.5 Å². The van der Waals surface area contributed by atoms with Crippen LogP contribution in [0.3, 0.4) is 0 Å². The monoisotopic (exact) mass is 219 g/mol. The molecule has 14 heavy (non-hydrogen) atoms. The Balaban J connectivity index is 1.87. The molecular formula is C8H17N3O2S. The van der Waals surface area contributed by atoms with Crippen LogP contribution in [-0.4, -0.2) is 69.8 Å². The van der Waals surface area contributed by atoms with Gasteiger partial charge in [0.15, 0.2) is 0 Å². The van der Waals surface area contributed by atoms with E-state index >= 15 is 0 Å². The molecule has 1 atom stereocenters. The van der Waals surface area contributed by atoms with Gasteiger partial charge in [0, 0.05) is 45.3 Å². The molecule has 0 saturated carbocycles. The third-order valence-corrected chi connectivity index (χ3v) is 3.66. The van der Waals surface area contributed by atoms with Crippen molar-refractivity contribution in [3.8, 4) is 0 Å². The summed E-state index contributed by atoms with van der Waals surface area (Å²) in [6.07, 6.45) is 1.21. The first-order valence-corrected chi connectivity index (χ1v) is 6.85. The van der Waals surface area contributed by atoms with Crippen molar-refractivity contribution in [2.24, 2.45) is 0 Å². The highest BCUT2D eigenvalue weighted by Gasteiger charge is 2.31. The second-order valence-electron chi connectivity index (χ2n) is 4.11. The predicted molar refractivity (Wildman–Crippen MR) is 54.6 cm³/mol. The zero-order chi connectivity index (χ0) is 10.2. The maximum atomic E-state index is 10.9. The van der Waals surface area contributed by atoms with Crippen LogP contribution in [0.4, 0.5) is 0 Å². The molecule has 0 aromatic rings. The van der Waals surface area contributed by atoms with Crippen molar-refractivity contribution in [1.29, 1.82) is 0 Å². The van der Waals surface area contributed by atoms with Gasteiger partial charge in [0.1, 0.15) is 0 Å². The van der Waals surface area contributed by atoms with E-state index in [1.807, 2.05) is 0 Å². The highest BCUT2D eigenvalue weighted by atomic mass is 32.2. The number of piperazine rings is 3. The number of hydrogen-bond acceptors (Lipinski definition) is 4. The molecule has 0 radical (unpaired) electrons. The number of hydrogen-bond donors (Lipinski definition) is 1. The molecule has 0 aromatic carbocycles. The highest BCUT2D eigenvalue weighted by molar-refractivity contribution is 7.88. The molecule has 0 aliphatic carbocycles. The fourth-order valence-electron chi connectivity index (χ4n) is 2.17. The standard InChI is InChI=1S/C8H17N3O2S/c1-14(12,13)9-6-8-7-10-2-4-11(8)5-3-10/h8-9H,2-7H2,1H3. The van der Waals surface area contributed by atoms with Gasteiger partial charge in [0.2, 0.25) is 10.0 Å². The molecule has 0 spiro atoms. The van der Waals surface area contributed by atoms with E-state index in [9.17, 15) is 8.42 Å². The van der Waals surface area contributed by atoms with Gasteiger partial charge in [-0.05, 0) is 0 Å². The zero-order valence-electron chi connectivity index (χ0n) is 8.44. The van der Waals surface area contributed by atoms with Gasteiger partial charge < -0.3 is 0 Å². The minimum atomic E-state index is -3.04. The first kappa shape index (κ1) is 10.4. The van der Waals surface area contributed by atoms with E-state index in [2.05, 4.69) is 14.5 Å². The predicted octanol–water partition coefficient (Wildman–Crippen LogP) is -1.46. The van der Waals surface area contributed by atoms with E-state index < -0.39 is 10.0 Å². The van der Waals surface area contributed by atoms with Gasteiger partial charge in [0.25, 0.3) is 0 Å². The summed E-state index contributed by atoms with van der Waals surface area (Å²) in [6.45, 7) is 5.98. The fourth-order valence-corrected chi connectivity index (χ4v) is 2.66. The Bertz CT molecular complexity index is 296. The van der Waals surface area contributed by atoms with Crippen LogP contribution in [0.2, 0.25) is 0 Å². The van der Waals surface area contributed by atoms with Crippen molar-refractivity contribution in [3.63, 3.8) is 0 Å². The normalized spacial score (nSPS) is 37.4. The maximum absolute atomic E-state index is 10.9. The lowest BCUT2D eigenvalue weighted by atomic mass is 10.1. The van der Waals surface area contributed by atoms with Crippen molar-refractivity contribution in [3.05, 3.63) is 0 Å². The van der Waals surface area contributed by atoms with Crippen LogP contribution in [0, 0.1) is 0 Å².